The molecule has 12 heterocycles. The molecule has 0 spiro atoms. The van der Waals surface area contributed by atoms with E-state index in [0.29, 0.717) is 11.5 Å². The fourth-order valence-electron chi connectivity index (χ4n) is 24.8. The smallest absolute Gasteiger partial charge is 0.257 e. The zero-order valence-corrected chi connectivity index (χ0v) is 84.6. The van der Waals surface area contributed by atoms with Crippen LogP contribution in [-0.2, 0) is 0 Å². The number of rotatable bonds is 9. The summed E-state index contributed by atoms with van der Waals surface area (Å²) in [5, 5.41) is 0. The van der Waals surface area contributed by atoms with E-state index in [2.05, 4.69) is 402 Å². The second-order valence-electron chi connectivity index (χ2n) is 36.8. The molecule has 32 rings (SSSR count). The molecule has 662 valence electrons. The quantitative estimate of drug-likeness (QED) is 0.129. The molecule has 0 fully saturated rings. The van der Waals surface area contributed by atoms with Gasteiger partial charge in [0.1, 0.15) is 0 Å². The van der Waals surface area contributed by atoms with Gasteiger partial charge in [0.25, 0.3) is 13.4 Å². The molecule has 0 unspecified atom stereocenters. The van der Waals surface area contributed by atoms with E-state index in [4.69, 9.17) is 48.3 Å². The molecule has 0 radical (unpaired) electrons. The molecule has 20 heteroatoms. The largest absolute Gasteiger partial charge is 0.311 e. The van der Waals surface area contributed by atoms with Crippen molar-refractivity contribution in [3.05, 3.63) is 455 Å². The third-order valence-corrected chi connectivity index (χ3v) is 76.3. The molecule has 0 amide bonds. The van der Waals surface area contributed by atoms with Crippen molar-refractivity contribution < 1.29 is 14.2 Å². The molecule has 0 aromatic heterocycles. The van der Waals surface area contributed by atoms with Crippen LogP contribution >= 0.6 is 34.1 Å². The summed E-state index contributed by atoms with van der Waals surface area (Å²) in [6.07, 6.45) is 0. The summed E-state index contributed by atoms with van der Waals surface area (Å²) in [5.41, 5.74) is 38.0. The van der Waals surface area contributed by atoms with E-state index in [1.54, 1.807) is 0 Å². The van der Waals surface area contributed by atoms with E-state index in [0.717, 1.165) is 128 Å². The predicted molar refractivity (Wildman–Crippen MR) is 587 cm³/mol. The van der Waals surface area contributed by atoms with E-state index >= 15 is 0 Å². The zero-order valence-electron chi connectivity index (χ0n) is 74.6. The fourth-order valence-corrected chi connectivity index (χ4v) is 73.2. The summed E-state index contributed by atoms with van der Waals surface area (Å²) in [5.74, 6) is 4.37. The molecule has 0 atom stereocenters. The SMILES string of the molecule is [Cl][Bi]12([Cl])[c]3c4cccc3N(c3ccccc3)c3cccc([c]31)N(c1ccccc1)c1cccc([c]12)O4.[Cl][Bi]12([Cl])[c]3c4cccc3Oc3cccc([c]31)N(c1ccccc1)c1cccc([c]12)O4.c1ccc(N2c3cccc4c3B3c5c2cccc5N(c2ccccc2)c2c3c(c3c5c2N(c2ccccc2)c2cccc6c2B5c2c(cccc2N3c2ccccc2)N6c2ccccc2)N4c2ccccc2)cc1. The van der Waals surface area contributed by atoms with Gasteiger partial charge >= 0.3 is 401 Å². The number of hydrogen-bond acceptors (Lipinski definition) is 12. The second kappa shape index (κ2) is 29.8. The first-order chi connectivity index (χ1) is 69.0. The van der Waals surface area contributed by atoms with Gasteiger partial charge in [0.2, 0.25) is 0 Å². The van der Waals surface area contributed by atoms with E-state index in [9.17, 15) is 0 Å². The summed E-state index contributed by atoms with van der Waals surface area (Å²) < 4.78 is 24.9. The van der Waals surface area contributed by atoms with Gasteiger partial charge in [0.05, 0.1) is 22.7 Å². The Morgan fingerprint density at radius 1 is 0.143 bits per heavy atom. The van der Waals surface area contributed by atoms with Crippen molar-refractivity contribution in [2.75, 3.05) is 44.1 Å². The van der Waals surface area contributed by atoms with Crippen LogP contribution in [0.2, 0.25) is 0 Å². The van der Waals surface area contributed by atoms with Crippen LogP contribution in [0, 0.1) is 0 Å². The average Bonchev–Trinajstić information content (AvgIpc) is 0.654. The molecular formula is C120H75B2Bi2Cl4N9O3. The Bertz CT molecular complexity index is 8050. The molecule has 20 aromatic carbocycles. The van der Waals surface area contributed by atoms with Gasteiger partial charge in [-0.15, -0.1) is 0 Å². The number of fused-ring (bicyclic) bond motifs is 2. The molecule has 0 saturated heterocycles. The van der Waals surface area contributed by atoms with E-state index in [1.165, 1.54) is 101 Å². The maximum absolute atomic E-state index is 8.16. The van der Waals surface area contributed by atoms with Crippen molar-refractivity contribution in [1.82, 2.24) is 0 Å². The van der Waals surface area contributed by atoms with Crippen LogP contribution in [0.25, 0.3) is 0 Å². The third kappa shape index (κ3) is 10.7. The maximum atomic E-state index is 8.16. The van der Waals surface area contributed by atoms with Crippen LogP contribution in [0.5, 0.6) is 34.5 Å². The Morgan fingerprint density at radius 3 is 0.507 bits per heavy atom. The molecule has 12 aliphatic heterocycles. The number of nitrogens with zero attached hydrogens (tertiary/aromatic N) is 9. The Morgan fingerprint density at radius 2 is 0.293 bits per heavy atom. The van der Waals surface area contributed by atoms with Crippen molar-refractivity contribution in [3.8, 4) is 34.5 Å². The minimum atomic E-state index is -5.24. The Labute approximate surface area is 825 Å². The van der Waals surface area contributed by atoms with Gasteiger partial charge < -0.3 is 29.4 Å². The number of hydrogen-bond donors (Lipinski definition) is 0. The van der Waals surface area contributed by atoms with Crippen LogP contribution in [0.3, 0.4) is 0 Å². The minimum Gasteiger partial charge on any atom is -0.311 e. The first-order valence-electron chi connectivity index (χ1n) is 47.1. The molecule has 140 heavy (non-hydrogen) atoms. The van der Waals surface area contributed by atoms with Crippen molar-refractivity contribution in [1.29, 1.82) is 0 Å². The van der Waals surface area contributed by atoms with Gasteiger partial charge in [-0.2, -0.15) is 0 Å². The third-order valence-electron chi connectivity index (χ3n) is 29.7. The molecular weight excluding hydrogens is 2200 g/mol. The standard InChI is InChI=1S/C66H42B2N6.C30H19N2O.C24H14NO2.2Bi.4ClH/c1-7-23-43(24-8-1)69-49-35-19-39-53-57(49)67-58-50(69)36-20-40-54(58)72(46-29-13-4-14-30-46)64-61(67)63(71(53)45-27-11-3-12-28-45)65-62-66(64)74(48-33-17-6-18-34-48)56-42-22-38-52-60(56)68(62)59-51(70(52)44-25-9-2-10-26-44)37-21-41-55(59)73(65)47-31-15-5-16-32-47;1-3-10-23(11-4-1)31-25-14-7-15-26(20-25)32(24-12-5-2-6-13-24)28-17-9-19-30(22-28)33-29-18-8-16-27(31)21-29;1-2-7-18(8-3-1)25-19-9-4-11-21(15-19)26-23-13-6-14-24(17-23)27-22-12-5-10-20(25)16-22;;;;;;/h1-42H;1-19H;1-14H;;;4*1H/q;;;2*+2;;;;/p-4. The van der Waals surface area contributed by atoms with Crippen LogP contribution in [0.4, 0.5) is 154 Å². The Kier molecular flexibility index (Phi) is 17.3. The molecule has 12 aliphatic rings. The summed E-state index contributed by atoms with van der Waals surface area (Å²) in [6, 6.07) is 162. The molecule has 0 aliphatic carbocycles. The Hall–Kier alpha value is -14.9. The summed E-state index contributed by atoms with van der Waals surface area (Å²) in [7, 11) is 32.0. The second-order valence-corrected chi connectivity index (χ2v) is 88.1. The number of ether oxygens (including phenoxy) is 3. The summed E-state index contributed by atoms with van der Waals surface area (Å²) in [6.45, 7) is -0.260. The van der Waals surface area contributed by atoms with Crippen molar-refractivity contribution in [2.24, 2.45) is 0 Å². The van der Waals surface area contributed by atoms with Gasteiger partial charge in [-0.05, 0) is 154 Å². The van der Waals surface area contributed by atoms with Crippen LogP contribution in [-0.4, -0.2) is 46.2 Å². The first-order valence-corrected chi connectivity index (χ1v) is 74.7. The summed E-state index contributed by atoms with van der Waals surface area (Å²) in [4.78, 5) is 22.3. The summed E-state index contributed by atoms with van der Waals surface area (Å²) >= 11 is -10.3. The van der Waals surface area contributed by atoms with Gasteiger partial charge in [0, 0.05) is 79.6 Å². The maximum Gasteiger partial charge on any atom is 0.257 e. The predicted octanol–water partition coefficient (Wildman–Crippen LogP) is 26.2. The van der Waals surface area contributed by atoms with E-state index in [-0.39, 0.29) is 13.4 Å². The number of halogens is 4. The fraction of sp³-hybridized carbons (Fsp3) is 0. The first kappa shape index (κ1) is 81.1. The van der Waals surface area contributed by atoms with Crippen molar-refractivity contribution >= 4 is 286 Å². The molecule has 0 bridgehead atoms. The van der Waals surface area contributed by atoms with Crippen molar-refractivity contribution in [3.63, 3.8) is 0 Å². The van der Waals surface area contributed by atoms with E-state index < -0.39 is 32.8 Å². The number of anilines is 27. The minimum absolute atomic E-state index is 0.130. The van der Waals surface area contributed by atoms with Crippen molar-refractivity contribution in [2.45, 2.75) is 0 Å². The molecule has 12 nitrogen and oxygen atoms in total. The van der Waals surface area contributed by atoms with Crippen LogP contribution < -0.4 is 111 Å². The van der Waals surface area contributed by atoms with Crippen LogP contribution in [0.15, 0.2) is 455 Å². The van der Waals surface area contributed by atoms with Crippen LogP contribution in [0.1, 0.15) is 0 Å². The molecule has 20 aromatic rings. The zero-order chi connectivity index (χ0) is 92.4. The normalized spacial score (nSPS) is 16.2. The molecule has 0 saturated carbocycles. The monoisotopic (exact) mass is 2270 g/mol. The van der Waals surface area contributed by atoms with Gasteiger partial charge in [0.15, 0.2) is 0 Å². The van der Waals surface area contributed by atoms with E-state index in [1.807, 2.05) is 97.1 Å². The van der Waals surface area contributed by atoms with Gasteiger partial charge in [-0.1, -0.05) is 133 Å². The Balaban J connectivity index is 0.000000115. The van der Waals surface area contributed by atoms with Gasteiger partial charge in [-0.3, -0.25) is 0 Å². The van der Waals surface area contributed by atoms with Gasteiger partial charge in [-0.25, -0.2) is 0 Å². The number of benzene rings is 20. The topological polar surface area (TPSA) is 56.9 Å². The molecule has 0 N–H and O–H groups in total. The number of para-hydroxylation sites is 9. The average molecular weight is 2270 g/mol.